The highest BCUT2D eigenvalue weighted by atomic mass is 16.2. The zero-order chi connectivity index (χ0) is 18.7. The molecular formula is C22H23N5O. The average molecular weight is 373 g/mol. The maximum Gasteiger partial charge on any atom is 0.230 e. The number of rotatable bonds is 2. The van der Waals surface area contributed by atoms with E-state index in [1.807, 2.05) is 12.3 Å². The molecule has 3 heterocycles. The largest absolute Gasteiger partial charge is 0.352 e. The van der Waals surface area contributed by atoms with Gasteiger partial charge in [0.05, 0.1) is 16.8 Å². The third kappa shape index (κ3) is 2.30. The Labute approximate surface area is 163 Å². The normalized spacial score (nSPS) is 22.6. The van der Waals surface area contributed by atoms with E-state index in [4.69, 9.17) is 0 Å². The van der Waals surface area contributed by atoms with Gasteiger partial charge in [0.1, 0.15) is 17.8 Å². The summed E-state index contributed by atoms with van der Waals surface area (Å²) in [6.45, 7) is 2.46. The van der Waals surface area contributed by atoms with E-state index < -0.39 is 0 Å². The van der Waals surface area contributed by atoms with Gasteiger partial charge in [0.15, 0.2) is 0 Å². The Morgan fingerprint density at radius 2 is 2.04 bits per heavy atom. The van der Waals surface area contributed by atoms with E-state index in [1.54, 1.807) is 6.33 Å². The van der Waals surface area contributed by atoms with Crippen molar-refractivity contribution in [1.82, 2.24) is 19.9 Å². The Morgan fingerprint density at radius 3 is 2.93 bits per heavy atom. The van der Waals surface area contributed by atoms with Crippen molar-refractivity contribution in [2.45, 2.75) is 37.1 Å². The van der Waals surface area contributed by atoms with Gasteiger partial charge in [-0.15, -0.1) is 0 Å². The number of aryl methyl sites for hydroxylation is 1. The molecule has 0 radical (unpaired) electrons. The number of benzene rings is 1. The second-order valence-electron chi connectivity index (χ2n) is 8.36. The van der Waals surface area contributed by atoms with E-state index in [0.717, 1.165) is 62.2 Å². The molecule has 1 saturated heterocycles. The fourth-order valence-electron chi connectivity index (χ4n) is 5.19. The number of hydrogen-bond donors (Lipinski definition) is 1. The third-order valence-corrected chi connectivity index (χ3v) is 6.81. The molecule has 1 amide bonds. The molecule has 1 spiro atoms. The molecular weight excluding hydrogens is 350 g/mol. The van der Waals surface area contributed by atoms with Crippen LogP contribution in [-0.4, -0.2) is 50.9 Å². The van der Waals surface area contributed by atoms with Crippen LogP contribution < -0.4 is 4.90 Å². The standard InChI is InChI=1S/C22H23N5O/c28-21(17-6-5-15-3-1-2-4-16(15)17)27-12-11-26(13-22(27)8-9-22)20-18-7-10-23-19(18)24-14-25-20/h1-4,7,10,14,17H,5-6,8-9,11-13H2,(H,23,24,25). The molecule has 142 valence electrons. The lowest BCUT2D eigenvalue weighted by Gasteiger charge is -2.43. The number of aromatic nitrogens is 3. The van der Waals surface area contributed by atoms with E-state index in [9.17, 15) is 4.79 Å². The molecule has 1 saturated carbocycles. The summed E-state index contributed by atoms with van der Waals surface area (Å²) in [6.07, 6.45) is 7.68. The second kappa shape index (κ2) is 5.80. The number of aromatic amines is 1. The van der Waals surface area contributed by atoms with Crippen LogP contribution >= 0.6 is 0 Å². The SMILES string of the molecule is O=C(C1CCc2ccccc21)N1CCN(c2ncnc3[nH]ccc23)CC12CC2. The molecule has 2 aromatic heterocycles. The fourth-order valence-corrected chi connectivity index (χ4v) is 5.19. The number of H-pyrrole nitrogens is 1. The summed E-state index contributed by atoms with van der Waals surface area (Å²) in [5, 5.41) is 1.06. The van der Waals surface area contributed by atoms with Crippen molar-refractivity contribution < 1.29 is 4.79 Å². The van der Waals surface area contributed by atoms with Crippen molar-refractivity contribution in [3.63, 3.8) is 0 Å². The molecule has 1 aromatic carbocycles. The van der Waals surface area contributed by atoms with E-state index in [2.05, 4.69) is 49.0 Å². The van der Waals surface area contributed by atoms with Crippen molar-refractivity contribution in [2.75, 3.05) is 24.5 Å². The van der Waals surface area contributed by atoms with Gasteiger partial charge in [0.2, 0.25) is 5.91 Å². The summed E-state index contributed by atoms with van der Waals surface area (Å²) in [6, 6.07) is 10.5. The van der Waals surface area contributed by atoms with Crippen LogP contribution in [0.2, 0.25) is 0 Å². The summed E-state index contributed by atoms with van der Waals surface area (Å²) in [4.78, 5) is 30.1. The number of hydrogen-bond acceptors (Lipinski definition) is 4. The Bertz CT molecular complexity index is 1070. The Hall–Kier alpha value is -2.89. The fraction of sp³-hybridized carbons (Fsp3) is 0.409. The van der Waals surface area contributed by atoms with Crippen LogP contribution in [0.25, 0.3) is 11.0 Å². The van der Waals surface area contributed by atoms with Gasteiger partial charge in [0.25, 0.3) is 0 Å². The lowest BCUT2D eigenvalue weighted by Crippen LogP contribution is -2.58. The number of nitrogens with zero attached hydrogens (tertiary/aromatic N) is 4. The molecule has 1 unspecified atom stereocenters. The monoisotopic (exact) mass is 373 g/mol. The number of fused-ring (bicyclic) bond motifs is 2. The lowest BCUT2D eigenvalue weighted by molar-refractivity contribution is -0.136. The zero-order valence-electron chi connectivity index (χ0n) is 15.8. The third-order valence-electron chi connectivity index (χ3n) is 6.81. The minimum Gasteiger partial charge on any atom is -0.352 e. The maximum atomic E-state index is 13.5. The first-order valence-corrected chi connectivity index (χ1v) is 10.2. The molecule has 6 rings (SSSR count). The van der Waals surface area contributed by atoms with Crippen LogP contribution in [0.3, 0.4) is 0 Å². The van der Waals surface area contributed by atoms with E-state index in [0.29, 0.717) is 5.91 Å². The number of anilines is 1. The van der Waals surface area contributed by atoms with Gasteiger partial charge in [-0.25, -0.2) is 9.97 Å². The number of amides is 1. The summed E-state index contributed by atoms with van der Waals surface area (Å²) in [7, 11) is 0. The Morgan fingerprint density at radius 1 is 1.14 bits per heavy atom. The summed E-state index contributed by atoms with van der Waals surface area (Å²) < 4.78 is 0. The van der Waals surface area contributed by atoms with Crippen LogP contribution in [-0.2, 0) is 11.2 Å². The van der Waals surface area contributed by atoms with Crippen molar-refractivity contribution in [2.24, 2.45) is 0 Å². The molecule has 28 heavy (non-hydrogen) atoms. The molecule has 2 fully saturated rings. The summed E-state index contributed by atoms with van der Waals surface area (Å²) >= 11 is 0. The van der Waals surface area contributed by atoms with Crippen molar-refractivity contribution in [3.05, 3.63) is 54.0 Å². The maximum absolute atomic E-state index is 13.5. The van der Waals surface area contributed by atoms with Gasteiger partial charge < -0.3 is 14.8 Å². The van der Waals surface area contributed by atoms with E-state index >= 15 is 0 Å². The number of carbonyl (C=O) groups is 1. The number of piperazine rings is 1. The zero-order valence-corrected chi connectivity index (χ0v) is 15.8. The van der Waals surface area contributed by atoms with Gasteiger partial charge in [-0.2, -0.15) is 0 Å². The van der Waals surface area contributed by atoms with E-state index in [-0.39, 0.29) is 11.5 Å². The first kappa shape index (κ1) is 16.1. The topological polar surface area (TPSA) is 65.1 Å². The average Bonchev–Trinajstić information content (AvgIpc) is 3.16. The summed E-state index contributed by atoms with van der Waals surface area (Å²) in [5.74, 6) is 1.35. The van der Waals surface area contributed by atoms with Gasteiger partial charge in [-0.1, -0.05) is 24.3 Å². The van der Waals surface area contributed by atoms with Gasteiger partial charge >= 0.3 is 0 Å². The highest BCUT2D eigenvalue weighted by molar-refractivity contribution is 5.89. The van der Waals surface area contributed by atoms with Gasteiger partial charge in [0, 0.05) is 25.8 Å². The molecule has 0 bridgehead atoms. The summed E-state index contributed by atoms with van der Waals surface area (Å²) in [5.41, 5.74) is 3.45. The molecule has 6 nitrogen and oxygen atoms in total. The van der Waals surface area contributed by atoms with E-state index in [1.165, 1.54) is 11.1 Å². The lowest BCUT2D eigenvalue weighted by atomic mass is 9.97. The quantitative estimate of drug-likeness (QED) is 0.750. The van der Waals surface area contributed by atoms with Crippen LogP contribution in [0, 0.1) is 0 Å². The predicted molar refractivity (Wildman–Crippen MR) is 107 cm³/mol. The van der Waals surface area contributed by atoms with Gasteiger partial charge in [-0.05, 0) is 42.9 Å². The molecule has 3 aromatic rings. The first-order chi connectivity index (χ1) is 13.8. The van der Waals surface area contributed by atoms with Crippen LogP contribution in [0.15, 0.2) is 42.9 Å². The molecule has 1 atom stereocenters. The first-order valence-electron chi connectivity index (χ1n) is 10.2. The predicted octanol–water partition coefficient (Wildman–Crippen LogP) is 2.87. The van der Waals surface area contributed by atoms with Crippen LogP contribution in [0.4, 0.5) is 5.82 Å². The van der Waals surface area contributed by atoms with Crippen molar-refractivity contribution >= 4 is 22.8 Å². The minimum atomic E-state index is -0.0134. The minimum absolute atomic E-state index is 0.0134. The number of nitrogens with one attached hydrogen (secondary N) is 1. The van der Waals surface area contributed by atoms with Crippen LogP contribution in [0.5, 0.6) is 0 Å². The van der Waals surface area contributed by atoms with Crippen molar-refractivity contribution in [3.8, 4) is 0 Å². The molecule has 6 heteroatoms. The Balaban J connectivity index is 1.27. The molecule has 1 aliphatic heterocycles. The second-order valence-corrected chi connectivity index (χ2v) is 8.36. The molecule has 1 N–H and O–H groups in total. The van der Waals surface area contributed by atoms with Crippen LogP contribution in [0.1, 0.15) is 36.3 Å². The van der Waals surface area contributed by atoms with Crippen molar-refractivity contribution in [1.29, 1.82) is 0 Å². The smallest absolute Gasteiger partial charge is 0.230 e. The molecule has 2 aliphatic carbocycles. The highest BCUT2D eigenvalue weighted by Crippen LogP contribution is 2.47. The molecule has 3 aliphatic rings. The highest BCUT2D eigenvalue weighted by Gasteiger charge is 2.54. The van der Waals surface area contributed by atoms with Gasteiger partial charge in [-0.3, -0.25) is 4.79 Å². The Kier molecular flexibility index (Phi) is 3.34. The number of carbonyl (C=O) groups excluding carboxylic acids is 1.